The van der Waals surface area contributed by atoms with Crippen LogP contribution in [0.15, 0.2) is 12.4 Å². The lowest BCUT2D eigenvalue weighted by atomic mass is 10.2. The van der Waals surface area contributed by atoms with Crippen LogP contribution in [0.25, 0.3) is 5.65 Å². The van der Waals surface area contributed by atoms with Gasteiger partial charge in [-0.05, 0) is 26.7 Å². The molecule has 0 aliphatic heterocycles. The number of rotatable bonds is 5. The molecule has 0 aromatic carbocycles. The monoisotopic (exact) mass is 235 g/mol. The molecule has 0 fully saturated rings. The van der Waals surface area contributed by atoms with Crippen LogP contribution in [0, 0.1) is 6.92 Å². The molecule has 0 spiro atoms. The smallest absolute Gasteiger partial charge is 0.203 e. The number of aliphatic hydroxyl groups excluding tert-OH is 1. The van der Waals surface area contributed by atoms with Crippen LogP contribution in [0.4, 0.5) is 5.82 Å². The van der Waals surface area contributed by atoms with Gasteiger partial charge in [0.2, 0.25) is 5.65 Å². The number of hydrogen-bond acceptors (Lipinski definition) is 5. The molecular weight excluding hydrogens is 218 g/mol. The van der Waals surface area contributed by atoms with Crippen LogP contribution in [-0.2, 0) is 0 Å². The highest BCUT2D eigenvalue weighted by Gasteiger charge is 2.09. The van der Waals surface area contributed by atoms with E-state index in [1.165, 1.54) is 0 Å². The summed E-state index contributed by atoms with van der Waals surface area (Å²) in [7, 11) is 0. The third kappa shape index (κ3) is 2.52. The quantitative estimate of drug-likeness (QED) is 0.808. The Morgan fingerprint density at radius 1 is 1.47 bits per heavy atom. The Hall–Kier alpha value is -1.69. The van der Waals surface area contributed by atoms with E-state index in [0.29, 0.717) is 0 Å². The first-order chi connectivity index (χ1) is 8.22. The van der Waals surface area contributed by atoms with Gasteiger partial charge in [0.25, 0.3) is 0 Å². The Morgan fingerprint density at radius 3 is 3.06 bits per heavy atom. The molecule has 1 unspecified atom stereocenters. The first-order valence-corrected chi connectivity index (χ1v) is 5.76. The van der Waals surface area contributed by atoms with Gasteiger partial charge in [-0.2, -0.15) is 0 Å². The number of aromatic nitrogens is 4. The van der Waals surface area contributed by atoms with Crippen LogP contribution < -0.4 is 5.32 Å². The zero-order valence-electron chi connectivity index (χ0n) is 10.1. The van der Waals surface area contributed by atoms with Gasteiger partial charge in [-0.25, -0.2) is 4.98 Å². The third-order valence-electron chi connectivity index (χ3n) is 2.68. The average Bonchev–Trinajstić information content (AvgIpc) is 2.70. The van der Waals surface area contributed by atoms with Crippen LogP contribution in [-0.4, -0.2) is 37.3 Å². The number of fused-ring (bicyclic) bond motifs is 1. The van der Waals surface area contributed by atoms with Crippen molar-refractivity contribution in [2.45, 2.75) is 32.7 Å². The van der Waals surface area contributed by atoms with E-state index in [1.54, 1.807) is 6.20 Å². The van der Waals surface area contributed by atoms with Crippen LogP contribution in [0.3, 0.4) is 0 Å². The van der Waals surface area contributed by atoms with Crippen molar-refractivity contribution in [3.63, 3.8) is 0 Å². The first-order valence-electron chi connectivity index (χ1n) is 5.76. The van der Waals surface area contributed by atoms with Gasteiger partial charge in [-0.1, -0.05) is 0 Å². The largest absolute Gasteiger partial charge is 0.396 e. The van der Waals surface area contributed by atoms with Gasteiger partial charge in [0.15, 0.2) is 5.82 Å². The summed E-state index contributed by atoms with van der Waals surface area (Å²) in [4.78, 5) is 4.27. The number of hydrogen-bond donors (Lipinski definition) is 2. The Kier molecular flexibility index (Phi) is 3.53. The second-order valence-corrected chi connectivity index (χ2v) is 4.13. The molecule has 0 amide bonds. The van der Waals surface area contributed by atoms with Crippen molar-refractivity contribution in [1.29, 1.82) is 0 Å². The minimum absolute atomic E-state index is 0.216. The van der Waals surface area contributed by atoms with Gasteiger partial charge in [0, 0.05) is 25.0 Å². The molecule has 92 valence electrons. The van der Waals surface area contributed by atoms with Crippen LogP contribution in [0.5, 0.6) is 0 Å². The van der Waals surface area contributed by atoms with Crippen LogP contribution in [0.1, 0.15) is 25.6 Å². The second kappa shape index (κ2) is 5.09. The minimum Gasteiger partial charge on any atom is -0.396 e. The maximum atomic E-state index is 8.79. The van der Waals surface area contributed by atoms with E-state index in [4.69, 9.17) is 5.11 Å². The minimum atomic E-state index is 0.216. The molecule has 0 bridgehead atoms. The predicted molar refractivity (Wildman–Crippen MR) is 64.9 cm³/mol. The lowest BCUT2D eigenvalue weighted by molar-refractivity contribution is 0.282. The maximum absolute atomic E-state index is 8.79. The number of nitrogens with zero attached hydrogens (tertiary/aromatic N) is 4. The lowest BCUT2D eigenvalue weighted by Crippen LogP contribution is -2.17. The lowest BCUT2D eigenvalue weighted by Gasteiger charge is -2.13. The zero-order valence-corrected chi connectivity index (χ0v) is 10.1. The van der Waals surface area contributed by atoms with E-state index in [0.717, 1.165) is 30.1 Å². The molecule has 0 radical (unpaired) electrons. The number of anilines is 1. The van der Waals surface area contributed by atoms with E-state index < -0.39 is 0 Å². The van der Waals surface area contributed by atoms with Gasteiger partial charge in [-0.15, -0.1) is 10.2 Å². The molecule has 0 aliphatic carbocycles. The van der Waals surface area contributed by atoms with Gasteiger partial charge in [-0.3, -0.25) is 4.40 Å². The molecule has 2 heterocycles. The summed E-state index contributed by atoms with van der Waals surface area (Å²) in [6, 6.07) is 0.248. The highest BCUT2D eigenvalue weighted by molar-refractivity contribution is 5.62. The second-order valence-electron chi connectivity index (χ2n) is 4.13. The molecule has 2 N–H and O–H groups in total. The van der Waals surface area contributed by atoms with E-state index in [2.05, 4.69) is 27.4 Å². The average molecular weight is 235 g/mol. The topological polar surface area (TPSA) is 75.3 Å². The molecule has 2 aromatic rings. The fraction of sp³-hybridized carbons (Fsp3) is 0.545. The number of aryl methyl sites for hydroxylation is 1. The van der Waals surface area contributed by atoms with Crippen molar-refractivity contribution in [3.05, 3.63) is 18.2 Å². The van der Waals surface area contributed by atoms with E-state index in [-0.39, 0.29) is 12.6 Å². The highest BCUT2D eigenvalue weighted by atomic mass is 16.2. The zero-order chi connectivity index (χ0) is 12.3. The molecule has 0 saturated carbocycles. The summed E-state index contributed by atoms with van der Waals surface area (Å²) in [6.45, 7) is 4.18. The van der Waals surface area contributed by atoms with Gasteiger partial charge < -0.3 is 10.4 Å². The summed E-state index contributed by atoms with van der Waals surface area (Å²) in [5.41, 5.74) is 0.737. The normalized spacial score (nSPS) is 12.9. The molecule has 2 aromatic heterocycles. The van der Waals surface area contributed by atoms with Crippen molar-refractivity contribution in [3.8, 4) is 0 Å². The molecule has 0 saturated heterocycles. The Morgan fingerprint density at radius 2 is 2.29 bits per heavy atom. The molecule has 0 aliphatic rings. The summed E-state index contributed by atoms with van der Waals surface area (Å²) in [5, 5.41) is 20.2. The fourth-order valence-electron chi connectivity index (χ4n) is 1.75. The SMILES string of the molecule is Cc1nnc2c(NC(C)CCCO)nccn12. The molecule has 17 heavy (non-hydrogen) atoms. The molecule has 1 atom stereocenters. The van der Waals surface area contributed by atoms with Crippen LogP contribution >= 0.6 is 0 Å². The number of aliphatic hydroxyl groups is 1. The molecule has 6 heteroatoms. The van der Waals surface area contributed by atoms with Gasteiger partial charge in [0.1, 0.15) is 5.82 Å². The van der Waals surface area contributed by atoms with Crippen molar-refractivity contribution < 1.29 is 5.11 Å². The van der Waals surface area contributed by atoms with E-state index in [1.807, 2.05) is 17.5 Å². The summed E-state index contributed by atoms with van der Waals surface area (Å²) in [5.74, 6) is 1.58. The highest BCUT2D eigenvalue weighted by Crippen LogP contribution is 2.14. The predicted octanol–water partition coefficient (Wildman–Crippen LogP) is 1.01. The summed E-state index contributed by atoms with van der Waals surface area (Å²) in [6.07, 6.45) is 5.24. The third-order valence-corrected chi connectivity index (χ3v) is 2.68. The van der Waals surface area contributed by atoms with Crippen molar-refractivity contribution >= 4 is 11.5 Å². The van der Waals surface area contributed by atoms with Gasteiger partial charge >= 0.3 is 0 Å². The number of nitrogens with one attached hydrogen (secondary N) is 1. The standard InChI is InChI=1S/C11H17N5O/c1-8(4-3-7-17)13-10-11-15-14-9(2)16(11)6-5-12-10/h5-6,8,17H,3-4,7H2,1-2H3,(H,12,13). The molecule has 6 nitrogen and oxygen atoms in total. The Bertz CT molecular complexity index is 496. The summed E-state index contributed by atoms with van der Waals surface area (Å²) < 4.78 is 1.90. The van der Waals surface area contributed by atoms with Crippen molar-refractivity contribution in [2.24, 2.45) is 0 Å². The molecule has 2 rings (SSSR count). The first kappa shape index (κ1) is 11.8. The van der Waals surface area contributed by atoms with E-state index >= 15 is 0 Å². The van der Waals surface area contributed by atoms with Gasteiger partial charge in [0.05, 0.1) is 0 Å². The summed E-state index contributed by atoms with van der Waals surface area (Å²) >= 11 is 0. The Labute approximate surface area is 99.7 Å². The van der Waals surface area contributed by atoms with Crippen molar-refractivity contribution in [2.75, 3.05) is 11.9 Å². The Balaban J connectivity index is 2.18. The fourth-order valence-corrected chi connectivity index (χ4v) is 1.75. The molecular formula is C11H17N5O. The maximum Gasteiger partial charge on any atom is 0.203 e. The van der Waals surface area contributed by atoms with Crippen molar-refractivity contribution in [1.82, 2.24) is 19.6 Å². The van der Waals surface area contributed by atoms with Crippen LogP contribution in [0.2, 0.25) is 0 Å². The van der Waals surface area contributed by atoms with E-state index in [9.17, 15) is 0 Å².